The first kappa shape index (κ1) is 6.60. The van der Waals surface area contributed by atoms with Crippen molar-refractivity contribution in [2.24, 2.45) is 5.92 Å². The van der Waals surface area contributed by atoms with Crippen molar-refractivity contribution in [1.82, 2.24) is 5.48 Å². The van der Waals surface area contributed by atoms with E-state index in [1.54, 1.807) is 0 Å². The van der Waals surface area contributed by atoms with E-state index in [0.717, 1.165) is 12.5 Å². The normalized spacial score (nSPS) is 17.2. The maximum absolute atomic E-state index is 4.95. The topological polar surface area (TPSA) is 21.3 Å². The first-order valence-electron chi connectivity index (χ1n) is 3.21. The van der Waals surface area contributed by atoms with Crippen LogP contribution in [0.4, 0.5) is 0 Å². The lowest BCUT2D eigenvalue weighted by Crippen LogP contribution is -2.17. The Hall–Kier alpha value is -0.520. The fourth-order valence-electron chi connectivity index (χ4n) is 0.591. The molecule has 1 saturated carbocycles. The molecule has 0 bridgehead atoms. The summed E-state index contributed by atoms with van der Waals surface area (Å²) in [5, 5.41) is 0. The summed E-state index contributed by atoms with van der Waals surface area (Å²) < 4.78 is 0. The molecule has 0 aromatic rings. The second-order valence-corrected chi connectivity index (χ2v) is 2.28. The molecule has 1 N–H and O–H groups in total. The summed E-state index contributed by atoms with van der Waals surface area (Å²) >= 11 is 0. The highest BCUT2D eigenvalue weighted by molar-refractivity contribution is 4.82. The van der Waals surface area contributed by atoms with Gasteiger partial charge in [-0.2, -0.15) is 0 Å². The predicted molar refractivity (Wildman–Crippen MR) is 35.5 cm³/mol. The van der Waals surface area contributed by atoms with E-state index in [9.17, 15) is 0 Å². The van der Waals surface area contributed by atoms with Gasteiger partial charge in [-0.3, -0.25) is 4.84 Å². The molecule has 1 rings (SSSR count). The lowest BCUT2D eigenvalue weighted by Gasteiger charge is -1.98. The predicted octanol–water partition coefficient (Wildman–Crippen LogP) is 0.551. The molecule has 0 amide bonds. The second kappa shape index (κ2) is 3.49. The van der Waals surface area contributed by atoms with Crippen LogP contribution in [0.5, 0.6) is 0 Å². The van der Waals surface area contributed by atoms with E-state index in [4.69, 9.17) is 11.3 Å². The zero-order valence-corrected chi connectivity index (χ0v) is 5.39. The van der Waals surface area contributed by atoms with Crippen LogP contribution in [0.25, 0.3) is 0 Å². The Balaban J connectivity index is 1.77. The van der Waals surface area contributed by atoms with Crippen LogP contribution < -0.4 is 5.48 Å². The van der Waals surface area contributed by atoms with E-state index in [1.807, 2.05) is 0 Å². The van der Waals surface area contributed by atoms with Gasteiger partial charge in [0.1, 0.15) is 6.61 Å². The molecule has 1 fully saturated rings. The van der Waals surface area contributed by atoms with Gasteiger partial charge in [0.05, 0.1) is 0 Å². The highest BCUT2D eigenvalue weighted by atomic mass is 16.6. The summed E-state index contributed by atoms with van der Waals surface area (Å²) in [5.41, 5.74) is 2.81. The molecule has 0 aromatic heterocycles. The highest BCUT2D eigenvalue weighted by Gasteiger charge is 2.20. The van der Waals surface area contributed by atoms with Crippen LogP contribution in [0, 0.1) is 18.3 Å². The maximum Gasteiger partial charge on any atom is 0.128 e. The van der Waals surface area contributed by atoms with Crippen molar-refractivity contribution >= 4 is 0 Å². The van der Waals surface area contributed by atoms with E-state index < -0.39 is 0 Å². The summed E-state index contributed by atoms with van der Waals surface area (Å²) in [4.78, 5) is 4.85. The van der Waals surface area contributed by atoms with Crippen LogP contribution in [0.2, 0.25) is 0 Å². The zero-order chi connectivity index (χ0) is 6.53. The molecule has 0 saturated heterocycles. The van der Waals surface area contributed by atoms with Gasteiger partial charge in [-0.05, 0) is 18.8 Å². The Morgan fingerprint density at radius 2 is 2.44 bits per heavy atom. The van der Waals surface area contributed by atoms with Gasteiger partial charge in [0, 0.05) is 6.54 Å². The van der Waals surface area contributed by atoms with Crippen molar-refractivity contribution in [3.63, 3.8) is 0 Å². The van der Waals surface area contributed by atoms with Gasteiger partial charge in [-0.25, -0.2) is 5.48 Å². The zero-order valence-electron chi connectivity index (χ0n) is 5.39. The average molecular weight is 125 g/mol. The Morgan fingerprint density at radius 1 is 1.67 bits per heavy atom. The SMILES string of the molecule is C#CCONCC1CC1. The van der Waals surface area contributed by atoms with E-state index >= 15 is 0 Å². The van der Waals surface area contributed by atoms with Crippen LogP contribution >= 0.6 is 0 Å². The fourth-order valence-corrected chi connectivity index (χ4v) is 0.591. The van der Waals surface area contributed by atoms with Crippen molar-refractivity contribution in [3.05, 3.63) is 0 Å². The number of rotatable bonds is 4. The number of hydroxylamine groups is 1. The molecule has 0 spiro atoms. The quantitative estimate of drug-likeness (QED) is 0.336. The van der Waals surface area contributed by atoms with Gasteiger partial charge in [-0.1, -0.05) is 5.92 Å². The molecule has 0 aromatic carbocycles. The van der Waals surface area contributed by atoms with Crippen molar-refractivity contribution in [2.45, 2.75) is 12.8 Å². The van der Waals surface area contributed by atoms with Gasteiger partial charge < -0.3 is 0 Å². The van der Waals surface area contributed by atoms with Gasteiger partial charge >= 0.3 is 0 Å². The molecule has 0 aliphatic heterocycles. The van der Waals surface area contributed by atoms with E-state index in [-0.39, 0.29) is 0 Å². The Morgan fingerprint density at radius 3 is 3.00 bits per heavy atom. The van der Waals surface area contributed by atoms with E-state index in [0.29, 0.717) is 6.61 Å². The fraction of sp³-hybridized carbons (Fsp3) is 0.714. The lowest BCUT2D eigenvalue weighted by atomic mass is 10.4. The van der Waals surface area contributed by atoms with E-state index in [2.05, 4.69) is 11.4 Å². The average Bonchev–Trinajstić information content (AvgIpc) is 2.63. The molecule has 2 nitrogen and oxygen atoms in total. The summed E-state index contributed by atoms with van der Waals surface area (Å²) in [6, 6.07) is 0. The third kappa shape index (κ3) is 3.12. The van der Waals surface area contributed by atoms with Crippen LogP contribution in [0.15, 0.2) is 0 Å². The number of hydrogen-bond donors (Lipinski definition) is 1. The minimum atomic E-state index is 0.368. The van der Waals surface area contributed by atoms with Crippen LogP contribution in [-0.4, -0.2) is 13.2 Å². The minimum Gasteiger partial charge on any atom is -0.289 e. The molecule has 0 unspecified atom stereocenters. The van der Waals surface area contributed by atoms with Crippen LogP contribution in [-0.2, 0) is 4.84 Å². The van der Waals surface area contributed by atoms with Gasteiger partial charge in [0.15, 0.2) is 0 Å². The first-order chi connectivity index (χ1) is 4.43. The highest BCUT2D eigenvalue weighted by Crippen LogP contribution is 2.27. The molecule has 0 heterocycles. The van der Waals surface area contributed by atoms with Gasteiger partial charge in [0.2, 0.25) is 0 Å². The molecule has 0 radical (unpaired) electrons. The summed E-state index contributed by atoms with van der Waals surface area (Å²) in [6.07, 6.45) is 7.63. The number of nitrogens with one attached hydrogen (secondary N) is 1. The Bertz CT molecular complexity index is 113. The Kier molecular flexibility index (Phi) is 2.56. The number of hydrogen-bond acceptors (Lipinski definition) is 2. The third-order valence-corrected chi connectivity index (χ3v) is 1.33. The molecule has 0 atom stereocenters. The summed E-state index contributed by atoms with van der Waals surface area (Å²) in [7, 11) is 0. The standard InChI is InChI=1S/C7H11NO/c1-2-5-9-8-6-7-3-4-7/h1,7-8H,3-6H2. The monoisotopic (exact) mass is 125 g/mol. The molecular formula is C7H11NO. The van der Waals surface area contributed by atoms with Gasteiger partial charge in [0.25, 0.3) is 0 Å². The first-order valence-corrected chi connectivity index (χ1v) is 3.21. The third-order valence-electron chi connectivity index (χ3n) is 1.33. The van der Waals surface area contributed by atoms with Crippen LogP contribution in [0.3, 0.4) is 0 Å². The van der Waals surface area contributed by atoms with Crippen molar-refractivity contribution in [2.75, 3.05) is 13.2 Å². The molecule has 2 heteroatoms. The minimum absolute atomic E-state index is 0.368. The van der Waals surface area contributed by atoms with E-state index in [1.165, 1.54) is 12.8 Å². The summed E-state index contributed by atoms with van der Waals surface area (Å²) in [6.45, 7) is 1.33. The molecule has 9 heavy (non-hydrogen) atoms. The lowest BCUT2D eigenvalue weighted by molar-refractivity contribution is 0.0634. The largest absolute Gasteiger partial charge is 0.289 e. The van der Waals surface area contributed by atoms with Crippen molar-refractivity contribution < 1.29 is 4.84 Å². The molecular weight excluding hydrogens is 114 g/mol. The Labute approximate surface area is 55.5 Å². The number of terminal acetylenes is 1. The molecule has 50 valence electrons. The smallest absolute Gasteiger partial charge is 0.128 e. The summed E-state index contributed by atoms with van der Waals surface area (Å²) in [5.74, 6) is 3.23. The van der Waals surface area contributed by atoms with Crippen molar-refractivity contribution in [1.29, 1.82) is 0 Å². The second-order valence-electron chi connectivity index (χ2n) is 2.28. The molecule has 1 aliphatic rings. The maximum atomic E-state index is 4.95. The molecule has 1 aliphatic carbocycles. The van der Waals surface area contributed by atoms with Gasteiger partial charge in [-0.15, -0.1) is 6.42 Å². The van der Waals surface area contributed by atoms with Crippen LogP contribution in [0.1, 0.15) is 12.8 Å². The van der Waals surface area contributed by atoms with Crippen molar-refractivity contribution in [3.8, 4) is 12.3 Å².